The van der Waals surface area contributed by atoms with Crippen LogP contribution in [0.3, 0.4) is 0 Å². The quantitative estimate of drug-likeness (QED) is 0.741. The van der Waals surface area contributed by atoms with Crippen LogP contribution in [0.15, 0.2) is 65.3 Å². The average molecular weight is 356 g/mol. The maximum Gasteiger partial charge on any atom is 0.219 e. The summed E-state index contributed by atoms with van der Waals surface area (Å²) in [7, 11) is 0. The predicted molar refractivity (Wildman–Crippen MR) is 99.5 cm³/mol. The number of hydrogen-bond acceptors (Lipinski definition) is 5. The fourth-order valence-corrected chi connectivity index (χ4v) is 3.35. The van der Waals surface area contributed by atoms with Gasteiger partial charge in [0.1, 0.15) is 11.6 Å². The minimum Gasteiger partial charge on any atom is -0.439 e. The molecule has 1 aromatic carbocycles. The van der Waals surface area contributed by atoms with E-state index in [1.807, 2.05) is 24.3 Å². The molecule has 24 heavy (non-hydrogen) atoms. The second kappa shape index (κ2) is 6.71. The molecule has 0 aliphatic carbocycles. The number of hydrogen-bond donors (Lipinski definition) is 0. The van der Waals surface area contributed by atoms with Crippen LogP contribution in [0.2, 0.25) is 5.02 Å². The van der Waals surface area contributed by atoms with Crippen molar-refractivity contribution in [3.63, 3.8) is 0 Å². The molecule has 0 radical (unpaired) electrons. The molecule has 120 valence electrons. The Kier molecular flexibility index (Phi) is 4.28. The van der Waals surface area contributed by atoms with Crippen LogP contribution >= 0.6 is 23.5 Å². The molecule has 0 amide bonds. The molecular formula is C18H14ClN3OS. The second-order valence-corrected chi connectivity index (χ2v) is 6.59. The van der Waals surface area contributed by atoms with Crippen LogP contribution < -0.4 is 4.74 Å². The van der Waals surface area contributed by atoms with Crippen molar-refractivity contribution in [3.8, 4) is 11.6 Å². The standard InChI is InChI=1S/C18H14ClN3OS/c19-14-5-8-17(20-12-14)23-15-6-3-13(4-7-15)16-2-1-9-22-10-11-24-21-18(16)22/h1-9,12H,10-11H2. The van der Waals surface area contributed by atoms with Gasteiger partial charge in [-0.25, -0.2) is 4.98 Å². The first kappa shape index (κ1) is 15.3. The van der Waals surface area contributed by atoms with E-state index in [2.05, 4.69) is 32.6 Å². The van der Waals surface area contributed by atoms with Gasteiger partial charge >= 0.3 is 0 Å². The zero-order valence-corrected chi connectivity index (χ0v) is 14.3. The van der Waals surface area contributed by atoms with Gasteiger partial charge in [-0.3, -0.25) is 0 Å². The van der Waals surface area contributed by atoms with Crippen LogP contribution in [0.4, 0.5) is 0 Å². The molecule has 0 N–H and O–H groups in total. The van der Waals surface area contributed by atoms with E-state index < -0.39 is 0 Å². The molecule has 2 aliphatic heterocycles. The Morgan fingerprint density at radius 2 is 2.00 bits per heavy atom. The lowest BCUT2D eigenvalue weighted by Crippen LogP contribution is -2.32. The molecule has 3 heterocycles. The minimum atomic E-state index is 0.520. The highest BCUT2D eigenvalue weighted by molar-refractivity contribution is 7.98. The van der Waals surface area contributed by atoms with Crippen molar-refractivity contribution in [1.82, 2.24) is 9.88 Å². The SMILES string of the molecule is Clc1ccc(Oc2ccc(C3=CC=CN4CCSN=C34)cc2)nc1. The molecule has 0 atom stereocenters. The van der Waals surface area contributed by atoms with E-state index in [0.29, 0.717) is 10.9 Å². The number of pyridine rings is 1. The number of benzene rings is 1. The van der Waals surface area contributed by atoms with Crippen molar-refractivity contribution < 1.29 is 4.74 Å². The van der Waals surface area contributed by atoms with E-state index in [-0.39, 0.29) is 0 Å². The highest BCUT2D eigenvalue weighted by atomic mass is 35.5. The third kappa shape index (κ3) is 3.18. The molecule has 0 saturated heterocycles. The van der Waals surface area contributed by atoms with Gasteiger partial charge in [0.05, 0.1) is 5.02 Å². The molecule has 4 rings (SSSR count). The number of amidine groups is 1. The maximum absolute atomic E-state index is 5.83. The van der Waals surface area contributed by atoms with Crippen molar-refractivity contribution in [2.75, 3.05) is 12.3 Å². The molecule has 0 fully saturated rings. The molecular weight excluding hydrogens is 342 g/mol. The van der Waals surface area contributed by atoms with Crippen molar-refractivity contribution in [3.05, 3.63) is 71.5 Å². The summed E-state index contributed by atoms with van der Waals surface area (Å²) in [4.78, 5) is 6.32. The monoisotopic (exact) mass is 355 g/mol. The van der Waals surface area contributed by atoms with Gasteiger partial charge in [0.25, 0.3) is 0 Å². The third-order valence-corrected chi connectivity index (χ3v) is 4.60. The molecule has 0 unspecified atom stereocenters. The molecule has 2 aliphatic rings. The van der Waals surface area contributed by atoms with Crippen molar-refractivity contribution >= 4 is 35.0 Å². The summed E-state index contributed by atoms with van der Waals surface area (Å²) in [6, 6.07) is 11.4. The first-order valence-electron chi connectivity index (χ1n) is 7.55. The third-order valence-electron chi connectivity index (χ3n) is 3.70. The van der Waals surface area contributed by atoms with Gasteiger partial charge < -0.3 is 9.64 Å². The Balaban J connectivity index is 1.55. The summed E-state index contributed by atoms with van der Waals surface area (Å²) in [5.74, 6) is 3.28. The van der Waals surface area contributed by atoms with Crippen molar-refractivity contribution in [2.45, 2.75) is 0 Å². The maximum atomic E-state index is 5.83. The largest absolute Gasteiger partial charge is 0.439 e. The first-order valence-corrected chi connectivity index (χ1v) is 8.87. The van der Waals surface area contributed by atoms with Gasteiger partial charge in [-0.2, -0.15) is 4.40 Å². The Labute approximate surface area is 149 Å². The first-order chi connectivity index (χ1) is 11.8. The van der Waals surface area contributed by atoms with Crippen LogP contribution in [-0.2, 0) is 0 Å². The Bertz CT molecular complexity index is 828. The van der Waals surface area contributed by atoms with Gasteiger partial charge in [0.2, 0.25) is 5.88 Å². The normalized spacial score (nSPS) is 16.3. The topological polar surface area (TPSA) is 37.7 Å². The van der Waals surface area contributed by atoms with Gasteiger partial charge in [-0.1, -0.05) is 23.7 Å². The smallest absolute Gasteiger partial charge is 0.219 e. The number of aromatic nitrogens is 1. The Morgan fingerprint density at radius 1 is 1.12 bits per heavy atom. The molecule has 1 aromatic heterocycles. The molecule has 6 heteroatoms. The summed E-state index contributed by atoms with van der Waals surface area (Å²) in [6.07, 6.45) is 7.80. The fourth-order valence-electron chi connectivity index (χ4n) is 2.54. The zero-order valence-electron chi connectivity index (χ0n) is 12.7. The lowest BCUT2D eigenvalue weighted by Gasteiger charge is -2.29. The lowest BCUT2D eigenvalue weighted by molar-refractivity contribution is 0.463. The average Bonchev–Trinajstić information content (AvgIpc) is 2.64. The summed E-state index contributed by atoms with van der Waals surface area (Å²) in [6.45, 7) is 0.987. The Morgan fingerprint density at radius 3 is 2.79 bits per heavy atom. The minimum absolute atomic E-state index is 0.520. The van der Waals surface area contributed by atoms with Gasteiger partial charge in [-0.15, -0.1) is 0 Å². The molecule has 0 saturated carbocycles. The van der Waals surface area contributed by atoms with Crippen molar-refractivity contribution in [1.29, 1.82) is 0 Å². The molecule has 0 bridgehead atoms. The molecule has 0 spiro atoms. The summed E-state index contributed by atoms with van der Waals surface area (Å²) in [5.41, 5.74) is 2.24. The van der Waals surface area contributed by atoms with Crippen LogP contribution in [0.25, 0.3) is 5.57 Å². The fraction of sp³-hybridized carbons (Fsp3) is 0.111. The van der Waals surface area contributed by atoms with E-state index >= 15 is 0 Å². The van der Waals surface area contributed by atoms with Crippen molar-refractivity contribution in [2.24, 2.45) is 4.40 Å². The van der Waals surface area contributed by atoms with Gasteiger partial charge in [-0.05, 0) is 47.9 Å². The van der Waals surface area contributed by atoms with Crippen LogP contribution in [-0.4, -0.2) is 28.0 Å². The van der Waals surface area contributed by atoms with Gasteiger partial charge in [0, 0.05) is 36.3 Å². The number of nitrogens with zero attached hydrogens (tertiary/aromatic N) is 3. The van der Waals surface area contributed by atoms with Gasteiger partial charge in [0.15, 0.2) is 0 Å². The summed E-state index contributed by atoms with van der Waals surface area (Å²) < 4.78 is 10.3. The number of fused-ring (bicyclic) bond motifs is 1. The zero-order chi connectivity index (χ0) is 16.4. The molecule has 2 aromatic rings. The second-order valence-electron chi connectivity index (χ2n) is 5.30. The highest BCUT2D eigenvalue weighted by Crippen LogP contribution is 2.29. The number of halogens is 1. The van der Waals surface area contributed by atoms with E-state index in [1.165, 1.54) is 0 Å². The van der Waals surface area contributed by atoms with E-state index in [4.69, 9.17) is 16.3 Å². The van der Waals surface area contributed by atoms with Crippen LogP contribution in [0.5, 0.6) is 11.6 Å². The molecule has 4 nitrogen and oxygen atoms in total. The number of rotatable bonds is 3. The van der Waals surface area contributed by atoms with Crippen LogP contribution in [0, 0.1) is 0 Å². The number of allylic oxidation sites excluding steroid dienone is 2. The van der Waals surface area contributed by atoms with E-state index in [0.717, 1.165) is 35.0 Å². The van der Waals surface area contributed by atoms with E-state index in [1.54, 1.807) is 30.3 Å². The van der Waals surface area contributed by atoms with Crippen LogP contribution in [0.1, 0.15) is 5.56 Å². The lowest BCUT2D eigenvalue weighted by atomic mass is 10.0. The predicted octanol–water partition coefficient (Wildman–Crippen LogP) is 4.80. The summed E-state index contributed by atoms with van der Waals surface area (Å²) >= 11 is 7.44. The van der Waals surface area contributed by atoms with E-state index in [9.17, 15) is 0 Å². The number of ether oxygens (including phenoxy) is 1. The highest BCUT2D eigenvalue weighted by Gasteiger charge is 2.21. The summed E-state index contributed by atoms with van der Waals surface area (Å²) in [5, 5.41) is 0.589. The Hall–Kier alpha value is -2.24.